The van der Waals surface area contributed by atoms with Gasteiger partial charge < -0.3 is 15.3 Å². The average Bonchev–Trinajstić information content (AvgIpc) is 2.84. The van der Waals surface area contributed by atoms with E-state index in [1.165, 1.54) is 31.0 Å². The first-order valence-electron chi connectivity index (χ1n) is 8.42. The van der Waals surface area contributed by atoms with Crippen LogP contribution in [0.25, 0.3) is 0 Å². The van der Waals surface area contributed by atoms with E-state index in [1.54, 1.807) is 0 Å². The lowest BCUT2D eigenvalue weighted by molar-refractivity contribution is -0.137. The van der Waals surface area contributed by atoms with Crippen LogP contribution in [-0.2, 0) is 9.59 Å². The molecule has 2 N–H and O–H groups in total. The normalized spacial score (nSPS) is 21.2. The lowest BCUT2D eigenvalue weighted by Gasteiger charge is -2.35. The number of anilines is 2. The topological polar surface area (TPSA) is 72.9 Å². The standard InChI is InChI=1S/C18H23N3O3/c1-13-4-2-3-9-20(13)15-7-5-14(6-8-15)19-16-12-17(23)21(10-11-22)18(16)24/h5-8,12-13,19,22H,2-4,9-11H2,1H3. The van der Waals surface area contributed by atoms with Crippen molar-refractivity contribution in [3.05, 3.63) is 36.0 Å². The van der Waals surface area contributed by atoms with Gasteiger partial charge in [-0.15, -0.1) is 0 Å². The highest BCUT2D eigenvalue weighted by molar-refractivity contribution is 6.17. The van der Waals surface area contributed by atoms with E-state index in [-0.39, 0.29) is 18.8 Å². The van der Waals surface area contributed by atoms with Crippen LogP contribution in [0.2, 0.25) is 0 Å². The molecule has 6 nitrogen and oxygen atoms in total. The smallest absolute Gasteiger partial charge is 0.277 e. The van der Waals surface area contributed by atoms with Gasteiger partial charge in [0.05, 0.1) is 13.2 Å². The molecule has 3 rings (SSSR count). The fourth-order valence-electron chi connectivity index (χ4n) is 3.28. The number of aliphatic hydroxyl groups is 1. The number of benzene rings is 1. The summed E-state index contributed by atoms with van der Waals surface area (Å²) in [6.07, 6.45) is 4.99. The molecule has 1 saturated heterocycles. The molecule has 1 unspecified atom stereocenters. The Kier molecular flexibility index (Phi) is 4.85. The van der Waals surface area contributed by atoms with Gasteiger partial charge in [0.25, 0.3) is 11.8 Å². The second kappa shape index (κ2) is 7.05. The van der Waals surface area contributed by atoms with Crippen LogP contribution in [0, 0.1) is 0 Å². The molecule has 0 spiro atoms. The fraction of sp³-hybridized carbons (Fsp3) is 0.444. The Labute approximate surface area is 141 Å². The zero-order valence-electron chi connectivity index (χ0n) is 13.9. The summed E-state index contributed by atoms with van der Waals surface area (Å²) in [6, 6.07) is 8.46. The predicted octanol–water partition coefficient (Wildman–Crippen LogP) is 1.72. The Balaban J connectivity index is 1.67. The van der Waals surface area contributed by atoms with Crippen molar-refractivity contribution < 1.29 is 14.7 Å². The van der Waals surface area contributed by atoms with E-state index in [0.717, 1.165) is 17.1 Å². The van der Waals surface area contributed by atoms with Gasteiger partial charge in [-0.3, -0.25) is 14.5 Å². The molecule has 0 saturated carbocycles. The van der Waals surface area contributed by atoms with E-state index in [4.69, 9.17) is 5.11 Å². The summed E-state index contributed by atoms with van der Waals surface area (Å²) in [5, 5.41) is 11.9. The van der Waals surface area contributed by atoms with Crippen LogP contribution in [0.3, 0.4) is 0 Å². The molecule has 6 heteroatoms. The number of β-amino-alcohol motifs (C(OH)–C–C–N with tert-alkyl or cyclic N) is 1. The molecule has 2 aliphatic heterocycles. The molecule has 24 heavy (non-hydrogen) atoms. The zero-order chi connectivity index (χ0) is 17.1. The number of rotatable bonds is 5. The summed E-state index contributed by atoms with van der Waals surface area (Å²) in [5.74, 6) is -0.793. The van der Waals surface area contributed by atoms with Crippen LogP contribution >= 0.6 is 0 Å². The molecule has 0 aromatic heterocycles. The van der Waals surface area contributed by atoms with E-state index < -0.39 is 11.8 Å². The maximum absolute atomic E-state index is 12.1. The van der Waals surface area contributed by atoms with Crippen LogP contribution in [-0.4, -0.2) is 47.6 Å². The molecule has 0 bridgehead atoms. The predicted molar refractivity (Wildman–Crippen MR) is 92.6 cm³/mol. The van der Waals surface area contributed by atoms with Crippen molar-refractivity contribution in [3.8, 4) is 0 Å². The number of carbonyl (C=O) groups is 2. The first-order valence-corrected chi connectivity index (χ1v) is 8.42. The van der Waals surface area contributed by atoms with Crippen molar-refractivity contribution in [3.63, 3.8) is 0 Å². The number of amides is 2. The Morgan fingerprint density at radius 3 is 2.62 bits per heavy atom. The molecule has 1 atom stereocenters. The highest BCUT2D eigenvalue weighted by atomic mass is 16.3. The van der Waals surface area contributed by atoms with Crippen LogP contribution in [0.15, 0.2) is 36.0 Å². The van der Waals surface area contributed by atoms with Gasteiger partial charge in [-0.25, -0.2) is 0 Å². The van der Waals surface area contributed by atoms with Crippen molar-refractivity contribution in [2.45, 2.75) is 32.2 Å². The van der Waals surface area contributed by atoms with Crippen LogP contribution in [0.1, 0.15) is 26.2 Å². The molecule has 0 radical (unpaired) electrons. The number of nitrogens with zero attached hydrogens (tertiary/aromatic N) is 2. The van der Waals surface area contributed by atoms with E-state index in [0.29, 0.717) is 6.04 Å². The highest BCUT2D eigenvalue weighted by Crippen LogP contribution is 2.26. The van der Waals surface area contributed by atoms with Gasteiger partial charge in [0.15, 0.2) is 0 Å². The molecule has 2 heterocycles. The third kappa shape index (κ3) is 3.28. The second-order valence-electron chi connectivity index (χ2n) is 6.29. The highest BCUT2D eigenvalue weighted by Gasteiger charge is 2.30. The quantitative estimate of drug-likeness (QED) is 0.805. The summed E-state index contributed by atoms with van der Waals surface area (Å²) in [4.78, 5) is 27.3. The maximum atomic E-state index is 12.1. The van der Waals surface area contributed by atoms with E-state index >= 15 is 0 Å². The Morgan fingerprint density at radius 1 is 1.21 bits per heavy atom. The monoisotopic (exact) mass is 329 g/mol. The SMILES string of the molecule is CC1CCCCN1c1ccc(NC2=CC(=O)N(CCO)C2=O)cc1. The Morgan fingerprint density at radius 2 is 1.96 bits per heavy atom. The lowest BCUT2D eigenvalue weighted by atomic mass is 10.0. The number of nitrogens with one attached hydrogen (secondary N) is 1. The third-order valence-corrected chi connectivity index (χ3v) is 4.61. The average molecular weight is 329 g/mol. The van der Waals surface area contributed by atoms with Crippen LogP contribution < -0.4 is 10.2 Å². The minimum Gasteiger partial charge on any atom is -0.395 e. The molecule has 1 aromatic carbocycles. The van der Waals surface area contributed by atoms with Gasteiger partial charge in [0.1, 0.15) is 5.70 Å². The third-order valence-electron chi connectivity index (χ3n) is 4.61. The van der Waals surface area contributed by atoms with Crippen LogP contribution in [0.5, 0.6) is 0 Å². The molecule has 2 amide bonds. The molecule has 1 fully saturated rings. The molecule has 1 aromatic rings. The summed E-state index contributed by atoms with van der Waals surface area (Å²) >= 11 is 0. The van der Waals surface area contributed by atoms with Gasteiger partial charge >= 0.3 is 0 Å². The first kappa shape index (κ1) is 16.5. The lowest BCUT2D eigenvalue weighted by Crippen LogP contribution is -2.37. The van der Waals surface area contributed by atoms with Crippen molar-refractivity contribution in [2.24, 2.45) is 0 Å². The minimum atomic E-state index is -0.400. The first-order chi connectivity index (χ1) is 11.6. The van der Waals surface area contributed by atoms with Crippen molar-refractivity contribution in [1.29, 1.82) is 0 Å². The number of hydrogen-bond donors (Lipinski definition) is 2. The number of carbonyl (C=O) groups excluding carboxylic acids is 2. The Hall–Kier alpha value is -2.34. The summed E-state index contributed by atoms with van der Waals surface area (Å²) < 4.78 is 0. The number of hydrogen-bond acceptors (Lipinski definition) is 5. The Bertz CT molecular complexity index is 654. The van der Waals surface area contributed by atoms with Crippen molar-refractivity contribution >= 4 is 23.2 Å². The molecule has 2 aliphatic rings. The van der Waals surface area contributed by atoms with E-state index in [9.17, 15) is 9.59 Å². The van der Waals surface area contributed by atoms with E-state index in [2.05, 4.69) is 17.1 Å². The van der Waals surface area contributed by atoms with Crippen LogP contribution in [0.4, 0.5) is 11.4 Å². The molecule has 128 valence electrons. The summed E-state index contributed by atoms with van der Waals surface area (Å²) in [5.41, 5.74) is 2.19. The summed E-state index contributed by atoms with van der Waals surface area (Å²) in [7, 11) is 0. The minimum absolute atomic E-state index is 0.0190. The molecular formula is C18H23N3O3. The fourth-order valence-corrected chi connectivity index (χ4v) is 3.28. The van der Waals surface area contributed by atoms with Crippen molar-refractivity contribution in [1.82, 2.24) is 4.90 Å². The van der Waals surface area contributed by atoms with Gasteiger partial charge in [0, 0.05) is 30.0 Å². The van der Waals surface area contributed by atoms with Gasteiger partial charge in [0.2, 0.25) is 0 Å². The van der Waals surface area contributed by atoms with E-state index in [1.807, 2.05) is 24.3 Å². The van der Waals surface area contributed by atoms with Gasteiger partial charge in [-0.05, 0) is 50.5 Å². The zero-order valence-corrected chi connectivity index (χ0v) is 13.9. The molecular weight excluding hydrogens is 306 g/mol. The maximum Gasteiger partial charge on any atom is 0.277 e. The summed E-state index contributed by atoms with van der Waals surface area (Å²) in [6.45, 7) is 3.10. The van der Waals surface area contributed by atoms with Gasteiger partial charge in [-0.2, -0.15) is 0 Å². The number of imide groups is 1. The number of aliphatic hydroxyl groups excluding tert-OH is 1. The molecule has 0 aliphatic carbocycles. The number of piperidine rings is 1. The largest absolute Gasteiger partial charge is 0.395 e. The second-order valence-corrected chi connectivity index (χ2v) is 6.29. The van der Waals surface area contributed by atoms with Crippen molar-refractivity contribution in [2.75, 3.05) is 29.9 Å². The van der Waals surface area contributed by atoms with Gasteiger partial charge in [-0.1, -0.05) is 0 Å².